The third-order valence-electron chi connectivity index (χ3n) is 4.91. The summed E-state index contributed by atoms with van der Waals surface area (Å²) >= 11 is 0. The van der Waals surface area contributed by atoms with Crippen molar-refractivity contribution in [2.45, 2.75) is 32.2 Å². The van der Waals surface area contributed by atoms with Gasteiger partial charge in [0.2, 0.25) is 5.91 Å². The summed E-state index contributed by atoms with van der Waals surface area (Å²) in [6.07, 6.45) is 3.83. The van der Waals surface area contributed by atoms with Gasteiger partial charge in [-0.05, 0) is 38.3 Å². The van der Waals surface area contributed by atoms with E-state index in [4.69, 9.17) is 4.74 Å². The number of carbonyl (C=O) groups excluding carboxylic acids is 1. The second-order valence-corrected chi connectivity index (χ2v) is 8.85. The van der Waals surface area contributed by atoms with Gasteiger partial charge in [0.25, 0.3) is 0 Å². The molecule has 0 spiro atoms. The molecule has 25 heavy (non-hydrogen) atoms. The van der Waals surface area contributed by atoms with Gasteiger partial charge in [0, 0.05) is 31.7 Å². The van der Waals surface area contributed by atoms with Crippen LogP contribution >= 0.6 is 0 Å². The number of pyridine rings is 1. The fourth-order valence-electron chi connectivity index (χ4n) is 3.49. The molecule has 138 valence electrons. The van der Waals surface area contributed by atoms with Crippen molar-refractivity contribution in [3.8, 4) is 0 Å². The van der Waals surface area contributed by atoms with E-state index in [9.17, 15) is 13.2 Å². The topological polar surface area (TPSA) is 88.6 Å². The van der Waals surface area contributed by atoms with E-state index >= 15 is 0 Å². The number of carbonyl (C=O) groups is 1. The molecule has 0 aliphatic carbocycles. The second kappa shape index (κ2) is 7.70. The van der Waals surface area contributed by atoms with E-state index < -0.39 is 9.84 Å². The van der Waals surface area contributed by atoms with Crippen LogP contribution in [-0.4, -0.2) is 56.6 Å². The maximum absolute atomic E-state index is 12.2. The number of aromatic nitrogens is 1. The zero-order valence-corrected chi connectivity index (χ0v) is 15.3. The summed E-state index contributed by atoms with van der Waals surface area (Å²) in [7, 11) is -2.92. The first-order valence-electron chi connectivity index (χ1n) is 8.80. The third kappa shape index (κ3) is 4.49. The van der Waals surface area contributed by atoms with Gasteiger partial charge in [-0.2, -0.15) is 0 Å². The Hall–Kier alpha value is -1.67. The first kappa shape index (κ1) is 18.1. The zero-order chi connectivity index (χ0) is 17.9. The van der Waals surface area contributed by atoms with Gasteiger partial charge in [0.1, 0.15) is 5.82 Å². The predicted octanol–water partition coefficient (Wildman–Crippen LogP) is 1.46. The highest BCUT2D eigenvalue weighted by Gasteiger charge is 2.32. The van der Waals surface area contributed by atoms with Gasteiger partial charge in [-0.3, -0.25) is 4.79 Å². The van der Waals surface area contributed by atoms with Crippen molar-refractivity contribution in [3.05, 3.63) is 18.3 Å². The molecule has 2 aliphatic heterocycles. The van der Waals surface area contributed by atoms with E-state index in [1.165, 1.54) is 0 Å². The molecule has 2 fully saturated rings. The molecule has 2 aliphatic rings. The fourth-order valence-corrected chi connectivity index (χ4v) is 5.22. The molecular weight excluding hydrogens is 342 g/mol. The summed E-state index contributed by atoms with van der Waals surface area (Å²) in [4.78, 5) is 18.6. The van der Waals surface area contributed by atoms with Gasteiger partial charge < -0.3 is 15.0 Å². The monoisotopic (exact) mass is 367 g/mol. The Morgan fingerprint density at radius 2 is 2.08 bits per heavy atom. The van der Waals surface area contributed by atoms with Crippen LogP contribution in [0.15, 0.2) is 18.3 Å². The lowest BCUT2D eigenvalue weighted by atomic mass is 9.99. The van der Waals surface area contributed by atoms with Crippen molar-refractivity contribution in [3.63, 3.8) is 0 Å². The first-order valence-corrected chi connectivity index (χ1v) is 10.6. The van der Waals surface area contributed by atoms with Crippen molar-refractivity contribution in [1.29, 1.82) is 0 Å². The summed E-state index contributed by atoms with van der Waals surface area (Å²) < 4.78 is 28.7. The molecule has 0 radical (unpaired) electrons. The Kier molecular flexibility index (Phi) is 5.58. The average Bonchev–Trinajstić information content (AvgIpc) is 2.97. The molecule has 3 heterocycles. The Morgan fingerprint density at radius 1 is 1.32 bits per heavy atom. The standard InChI is InChI=1S/C17H25N3O4S/c1-2-20(15-7-10-25(22,23)12-15)14-3-4-16(18-11-14)19-17(21)13-5-8-24-9-6-13/h3-4,11,13,15H,2,5-10,12H2,1H3,(H,18,19,21). The minimum Gasteiger partial charge on any atom is -0.381 e. The lowest BCUT2D eigenvalue weighted by Crippen LogP contribution is -2.36. The smallest absolute Gasteiger partial charge is 0.228 e. The SMILES string of the molecule is CCN(c1ccc(NC(=O)C2CCOCC2)nc1)C1CCS(=O)(=O)C1. The van der Waals surface area contributed by atoms with Gasteiger partial charge in [0.05, 0.1) is 23.4 Å². The van der Waals surface area contributed by atoms with Gasteiger partial charge in [-0.1, -0.05) is 0 Å². The minimum atomic E-state index is -2.92. The summed E-state index contributed by atoms with van der Waals surface area (Å²) in [5.74, 6) is 0.934. The summed E-state index contributed by atoms with van der Waals surface area (Å²) in [6.45, 7) is 3.97. The average molecular weight is 367 g/mol. The molecule has 1 atom stereocenters. The maximum Gasteiger partial charge on any atom is 0.228 e. The van der Waals surface area contributed by atoms with Gasteiger partial charge in [-0.25, -0.2) is 13.4 Å². The highest BCUT2D eigenvalue weighted by Crippen LogP contribution is 2.25. The van der Waals surface area contributed by atoms with E-state index in [1.807, 2.05) is 13.0 Å². The summed E-state index contributed by atoms with van der Waals surface area (Å²) in [6, 6.07) is 3.67. The Labute approximate surface area is 148 Å². The van der Waals surface area contributed by atoms with E-state index in [0.29, 0.717) is 25.5 Å². The van der Waals surface area contributed by atoms with Crippen LogP contribution in [0.3, 0.4) is 0 Å². The van der Waals surface area contributed by atoms with Crippen LogP contribution in [0.5, 0.6) is 0 Å². The van der Waals surface area contributed by atoms with Crippen LogP contribution in [0, 0.1) is 5.92 Å². The molecule has 1 unspecified atom stereocenters. The molecule has 3 rings (SSSR count). The number of nitrogens with zero attached hydrogens (tertiary/aromatic N) is 2. The van der Waals surface area contributed by atoms with Crippen molar-refractivity contribution < 1.29 is 17.9 Å². The number of anilines is 2. The Morgan fingerprint density at radius 3 is 2.64 bits per heavy atom. The molecule has 0 saturated carbocycles. The lowest BCUT2D eigenvalue weighted by Gasteiger charge is -2.29. The lowest BCUT2D eigenvalue weighted by molar-refractivity contribution is -0.122. The van der Waals surface area contributed by atoms with Crippen molar-refractivity contribution in [2.75, 3.05) is 41.5 Å². The summed E-state index contributed by atoms with van der Waals surface area (Å²) in [5.41, 5.74) is 0.883. The summed E-state index contributed by atoms with van der Waals surface area (Å²) in [5, 5.41) is 2.86. The van der Waals surface area contributed by atoms with Crippen LogP contribution in [0.2, 0.25) is 0 Å². The zero-order valence-electron chi connectivity index (χ0n) is 14.5. The van der Waals surface area contributed by atoms with Crippen LogP contribution in [0.25, 0.3) is 0 Å². The number of nitrogens with one attached hydrogen (secondary N) is 1. The normalized spacial score (nSPS) is 23.3. The molecule has 1 aromatic heterocycles. The molecule has 8 heteroatoms. The molecule has 0 bridgehead atoms. The predicted molar refractivity (Wildman–Crippen MR) is 96.5 cm³/mol. The van der Waals surface area contributed by atoms with Crippen molar-refractivity contribution in [2.24, 2.45) is 5.92 Å². The Balaban J connectivity index is 1.63. The van der Waals surface area contributed by atoms with Crippen LogP contribution in [-0.2, 0) is 19.4 Å². The molecule has 0 aromatic carbocycles. The highest BCUT2D eigenvalue weighted by atomic mass is 32.2. The number of ether oxygens (including phenoxy) is 1. The van der Waals surface area contributed by atoms with Crippen molar-refractivity contribution >= 4 is 27.2 Å². The van der Waals surface area contributed by atoms with Gasteiger partial charge >= 0.3 is 0 Å². The molecular formula is C17H25N3O4S. The van der Waals surface area contributed by atoms with Crippen LogP contribution < -0.4 is 10.2 Å². The van der Waals surface area contributed by atoms with Gasteiger partial charge in [-0.15, -0.1) is 0 Å². The number of hydrogen-bond acceptors (Lipinski definition) is 6. The van der Waals surface area contributed by atoms with E-state index in [-0.39, 0.29) is 29.4 Å². The quantitative estimate of drug-likeness (QED) is 0.848. The molecule has 2 saturated heterocycles. The van der Waals surface area contributed by atoms with Crippen molar-refractivity contribution in [1.82, 2.24) is 4.98 Å². The van der Waals surface area contributed by atoms with Crippen LogP contribution in [0.1, 0.15) is 26.2 Å². The Bertz CT molecular complexity index is 699. The van der Waals surface area contributed by atoms with E-state index in [0.717, 1.165) is 25.1 Å². The highest BCUT2D eigenvalue weighted by molar-refractivity contribution is 7.91. The largest absolute Gasteiger partial charge is 0.381 e. The van der Waals surface area contributed by atoms with Gasteiger partial charge in [0.15, 0.2) is 9.84 Å². The fraction of sp³-hybridized carbons (Fsp3) is 0.647. The number of sulfone groups is 1. The number of rotatable bonds is 5. The maximum atomic E-state index is 12.2. The molecule has 1 aromatic rings. The molecule has 1 N–H and O–H groups in total. The minimum absolute atomic E-state index is 0.000482. The molecule has 1 amide bonds. The number of amides is 1. The second-order valence-electron chi connectivity index (χ2n) is 6.62. The van der Waals surface area contributed by atoms with E-state index in [1.54, 1.807) is 12.3 Å². The van der Waals surface area contributed by atoms with E-state index in [2.05, 4.69) is 15.2 Å². The molecule has 7 nitrogen and oxygen atoms in total. The van der Waals surface area contributed by atoms with Crippen LogP contribution in [0.4, 0.5) is 11.5 Å². The number of hydrogen-bond donors (Lipinski definition) is 1. The first-order chi connectivity index (χ1) is 12.0. The third-order valence-corrected chi connectivity index (χ3v) is 6.66.